The van der Waals surface area contributed by atoms with Gasteiger partial charge in [0.15, 0.2) is 0 Å². The number of likely N-dealkylation sites (tertiary alicyclic amines) is 1. The summed E-state index contributed by atoms with van der Waals surface area (Å²) in [4.78, 5) is 33.5. The number of piperidine rings is 2. The Bertz CT molecular complexity index is 691. The Morgan fingerprint density at radius 1 is 1.33 bits per heavy atom. The molecule has 0 bridgehead atoms. The molecule has 148 valence electrons. The van der Waals surface area contributed by atoms with Gasteiger partial charge >= 0.3 is 0 Å². The zero-order valence-corrected chi connectivity index (χ0v) is 16.8. The molecule has 0 unspecified atom stereocenters. The lowest BCUT2D eigenvalue weighted by molar-refractivity contribution is -0.138. The Labute approximate surface area is 162 Å². The molecule has 1 spiro atoms. The molecule has 0 radical (unpaired) electrons. The minimum Gasteiger partial charge on any atom is -0.355 e. The van der Waals surface area contributed by atoms with Crippen LogP contribution in [0.15, 0.2) is 18.3 Å². The molecule has 27 heavy (non-hydrogen) atoms. The fourth-order valence-electron chi connectivity index (χ4n) is 4.40. The van der Waals surface area contributed by atoms with E-state index >= 15 is 0 Å². The topological polar surface area (TPSA) is 65.5 Å². The third-order valence-corrected chi connectivity index (χ3v) is 5.94. The molecule has 3 heterocycles. The van der Waals surface area contributed by atoms with E-state index in [9.17, 15) is 9.59 Å². The van der Waals surface area contributed by atoms with Crippen LogP contribution in [-0.2, 0) is 4.79 Å². The first-order valence-corrected chi connectivity index (χ1v) is 10.1. The highest BCUT2D eigenvalue weighted by Gasteiger charge is 2.42. The van der Waals surface area contributed by atoms with E-state index in [0.29, 0.717) is 23.8 Å². The summed E-state index contributed by atoms with van der Waals surface area (Å²) in [7, 11) is 1.65. The van der Waals surface area contributed by atoms with E-state index in [0.717, 1.165) is 57.7 Å². The molecule has 2 fully saturated rings. The van der Waals surface area contributed by atoms with Crippen molar-refractivity contribution in [3.05, 3.63) is 23.9 Å². The molecular weight excluding hydrogens is 340 g/mol. The smallest absolute Gasteiger partial charge is 0.254 e. The molecule has 1 aromatic rings. The zero-order valence-electron chi connectivity index (χ0n) is 16.8. The van der Waals surface area contributed by atoms with Crippen molar-refractivity contribution in [2.75, 3.05) is 38.1 Å². The van der Waals surface area contributed by atoms with E-state index in [1.807, 2.05) is 6.07 Å². The lowest BCUT2D eigenvalue weighted by Gasteiger charge is -2.49. The van der Waals surface area contributed by atoms with Crippen LogP contribution < -0.4 is 10.2 Å². The van der Waals surface area contributed by atoms with Crippen molar-refractivity contribution in [1.29, 1.82) is 0 Å². The van der Waals surface area contributed by atoms with Gasteiger partial charge in [-0.05, 0) is 43.7 Å². The summed E-state index contributed by atoms with van der Waals surface area (Å²) in [6, 6.07) is 3.64. The van der Waals surface area contributed by atoms with E-state index in [2.05, 4.69) is 33.9 Å². The van der Waals surface area contributed by atoms with Crippen LogP contribution in [0, 0.1) is 11.3 Å². The minimum atomic E-state index is -0.102. The summed E-state index contributed by atoms with van der Waals surface area (Å²) in [5.41, 5.74) is 0.737. The number of aromatic nitrogens is 1. The fraction of sp³-hybridized carbons (Fsp3) is 0.667. The van der Waals surface area contributed by atoms with Crippen LogP contribution in [-0.4, -0.2) is 54.9 Å². The SMILES string of the molecule is CNC(=O)c1cccnc1N1CCC[C@@]2(CCC(=O)N(CCC(C)C)C2)C1. The lowest BCUT2D eigenvalue weighted by atomic mass is 9.73. The molecule has 1 N–H and O–H groups in total. The summed E-state index contributed by atoms with van der Waals surface area (Å²) in [5, 5.41) is 2.71. The Kier molecular flexibility index (Phi) is 6.02. The number of rotatable bonds is 5. The van der Waals surface area contributed by atoms with Crippen molar-refractivity contribution in [3.8, 4) is 0 Å². The van der Waals surface area contributed by atoms with Gasteiger partial charge in [0, 0.05) is 51.3 Å². The zero-order chi connectivity index (χ0) is 19.4. The molecule has 1 aromatic heterocycles. The van der Waals surface area contributed by atoms with Crippen molar-refractivity contribution in [2.24, 2.45) is 11.3 Å². The average Bonchev–Trinajstić information content (AvgIpc) is 2.68. The predicted octanol–water partition coefficient (Wildman–Crippen LogP) is 2.70. The van der Waals surface area contributed by atoms with Gasteiger partial charge in [-0.3, -0.25) is 9.59 Å². The van der Waals surface area contributed by atoms with E-state index in [4.69, 9.17) is 0 Å². The maximum atomic E-state index is 12.4. The van der Waals surface area contributed by atoms with E-state index < -0.39 is 0 Å². The van der Waals surface area contributed by atoms with Crippen LogP contribution in [0.2, 0.25) is 0 Å². The average molecular weight is 373 g/mol. The van der Waals surface area contributed by atoms with Crippen LogP contribution in [0.5, 0.6) is 0 Å². The number of amides is 2. The number of pyridine rings is 1. The van der Waals surface area contributed by atoms with Crippen molar-refractivity contribution in [1.82, 2.24) is 15.2 Å². The van der Waals surface area contributed by atoms with Crippen molar-refractivity contribution < 1.29 is 9.59 Å². The normalized spacial score (nSPS) is 23.2. The van der Waals surface area contributed by atoms with Gasteiger partial charge in [-0.25, -0.2) is 4.98 Å². The van der Waals surface area contributed by atoms with Crippen molar-refractivity contribution in [3.63, 3.8) is 0 Å². The number of carbonyl (C=O) groups is 2. The standard InChI is InChI=1S/C21H32N4O2/c1-16(2)8-13-24-14-21(10-7-18(24)26)9-5-12-25(15-21)19-17(20(27)22-3)6-4-11-23-19/h4,6,11,16H,5,7-10,12-15H2,1-3H3,(H,22,27)/t21-/m0/s1. The molecule has 0 saturated carbocycles. The quantitative estimate of drug-likeness (QED) is 0.863. The van der Waals surface area contributed by atoms with Crippen molar-refractivity contribution in [2.45, 2.75) is 46.0 Å². The number of carbonyl (C=O) groups excluding carboxylic acids is 2. The third-order valence-electron chi connectivity index (χ3n) is 5.94. The highest BCUT2D eigenvalue weighted by atomic mass is 16.2. The Morgan fingerprint density at radius 2 is 2.15 bits per heavy atom. The maximum absolute atomic E-state index is 12.4. The number of hydrogen-bond donors (Lipinski definition) is 1. The van der Waals surface area contributed by atoms with Crippen LogP contribution in [0.25, 0.3) is 0 Å². The van der Waals surface area contributed by atoms with Crippen LogP contribution in [0.1, 0.15) is 56.3 Å². The predicted molar refractivity (Wildman–Crippen MR) is 107 cm³/mol. The van der Waals surface area contributed by atoms with Gasteiger partial charge in [-0.15, -0.1) is 0 Å². The van der Waals surface area contributed by atoms with Crippen molar-refractivity contribution >= 4 is 17.6 Å². The highest BCUT2D eigenvalue weighted by Crippen LogP contribution is 2.40. The summed E-state index contributed by atoms with van der Waals surface area (Å²) < 4.78 is 0. The Morgan fingerprint density at radius 3 is 2.89 bits per heavy atom. The molecule has 2 amide bonds. The first-order chi connectivity index (χ1) is 12.9. The van der Waals surface area contributed by atoms with Gasteiger partial charge in [0.25, 0.3) is 5.91 Å². The largest absolute Gasteiger partial charge is 0.355 e. The van der Waals surface area contributed by atoms with E-state index in [-0.39, 0.29) is 11.3 Å². The molecule has 0 aromatic carbocycles. The Hall–Kier alpha value is -2.11. The molecule has 2 aliphatic rings. The second kappa shape index (κ2) is 8.28. The third kappa shape index (κ3) is 4.42. The van der Waals surface area contributed by atoms with Gasteiger partial charge in [0.2, 0.25) is 5.91 Å². The fourth-order valence-corrected chi connectivity index (χ4v) is 4.40. The Balaban J connectivity index is 1.78. The number of nitrogens with one attached hydrogen (secondary N) is 1. The van der Waals surface area contributed by atoms with Gasteiger partial charge < -0.3 is 15.1 Å². The first-order valence-electron chi connectivity index (χ1n) is 10.1. The summed E-state index contributed by atoms with van der Waals surface area (Å²) in [6.45, 7) is 7.85. The molecule has 1 atom stereocenters. The van der Waals surface area contributed by atoms with Gasteiger partial charge in [0.1, 0.15) is 5.82 Å². The monoisotopic (exact) mass is 372 g/mol. The van der Waals surface area contributed by atoms with Gasteiger partial charge in [-0.1, -0.05) is 13.8 Å². The molecule has 2 aliphatic heterocycles. The summed E-state index contributed by atoms with van der Waals surface area (Å²) in [5.74, 6) is 1.56. The second-order valence-corrected chi connectivity index (χ2v) is 8.48. The van der Waals surface area contributed by atoms with Gasteiger partial charge in [0.05, 0.1) is 5.56 Å². The van der Waals surface area contributed by atoms with E-state index in [1.165, 1.54) is 0 Å². The molecule has 6 heteroatoms. The van der Waals surface area contributed by atoms with Crippen LogP contribution in [0.3, 0.4) is 0 Å². The molecule has 2 saturated heterocycles. The summed E-state index contributed by atoms with van der Waals surface area (Å²) >= 11 is 0. The van der Waals surface area contributed by atoms with Crippen LogP contribution in [0.4, 0.5) is 5.82 Å². The number of nitrogens with zero attached hydrogens (tertiary/aromatic N) is 3. The highest BCUT2D eigenvalue weighted by molar-refractivity contribution is 5.98. The minimum absolute atomic E-state index is 0.102. The second-order valence-electron chi connectivity index (χ2n) is 8.48. The summed E-state index contributed by atoms with van der Waals surface area (Å²) in [6.07, 6.45) is 6.57. The molecule has 6 nitrogen and oxygen atoms in total. The first kappa shape index (κ1) is 19.6. The van der Waals surface area contributed by atoms with Crippen LogP contribution >= 0.6 is 0 Å². The molecule has 3 rings (SSSR count). The maximum Gasteiger partial charge on any atom is 0.254 e. The van der Waals surface area contributed by atoms with E-state index in [1.54, 1.807) is 19.3 Å². The molecular formula is C21H32N4O2. The molecule has 0 aliphatic carbocycles. The number of anilines is 1. The van der Waals surface area contributed by atoms with Gasteiger partial charge in [-0.2, -0.15) is 0 Å². The number of hydrogen-bond acceptors (Lipinski definition) is 4. The lowest BCUT2D eigenvalue weighted by Crippen LogP contribution is -2.54.